The summed E-state index contributed by atoms with van der Waals surface area (Å²) in [5, 5.41) is 3.15. The first kappa shape index (κ1) is 23.5. The summed E-state index contributed by atoms with van der Waals surface area (Å²) in [5.74, 6) is 2.34. The van der Waals surface area contributed by atoms with Crippen LogP contribution in [0.2, 0.25) is 5.02 Å². The lowest BCUT2D eigenvalue weighted by Gasteiger charge is -2.40. The molecule has 0 aromatic carbocycles. The molecule has 1 atom stereocenters. The molecule has 0 radical (unpaired) electrons. The largest absolute Gasteiger partial charge is 0.427 e. The first-order valence-corrected chi connectivity index (χ1v) is 12.6. The van der Waals surface area contributed by atoms with Crippen LogP contribution in [-0.2, 0) is 26.5 Å². The fraction of sp³-hybridized carbons (Fsp3) is 0.542. The number of ether oxygens (including phenoxy) is 2. The number of amides is 1. The molecule has 11 nitrogen and oxygen atoms in total. The molecule has 2 aliphatic heterocycles. The molecule has 3 fully saturated rings. The van der Waals surface area contributed by atoms with Crippen LogP contribution in [0.5, 0.6) is 0 Å². The highest BCUT2D eigenvalue weighted by atomic mass is 35.5. The predicted octanol–water partition coefficient (Wildman–Crippen LogP) is 3.48. The summed E-state index contributed by atoms with van der Waals surface area (Å²) in [6, 6.07) is 1.81. The molecule has 1 saturated carbocycles. The quantitative estimate of drug-likeness (QED) is 0.509. The van der Waals surface area contributed by atoms with Crippen molar-refractivity contribution in [2.45, 2.75) is 50.9 Å². The minimum atomic E-state index is -0.718. The molecule has 2 N–H and O–H groups in total. The van der Waals surface area contributed by atoms with Crippen molar-refractivity contribution in [1.82, 2.24) is 35.3 Å². The molecule has 3 aliphatic rings. The zero-order chi connectivity index (χ0) is 24.9. The Morgan fingerprint density at radius 1 is 1.19 bits per heavy atom. The average molecular weight is 514 g/mol. The summed E-state index contributed by atoms with van der Waals surface area (Å²) in [5.41, 5.74) is 4.60. The van der Waals surface area contributed by atoms with Crippen LogP contribution in [0.1, 0.15) is 50.4 Å². The number of aromatic nitrogens is 5. The maximum atomic E-state index is 11.7. The number of carbonyl (C=O) groups is 1. The monoisotopic (exact) mass is 513 g/mol. The molecule has 1 unspecified atom stereocenters. The summed E-state index contributed by atoms with van der Waals surface area (Å²) in [4.78, 5) is 35.4. The highest BCUT2D eigenvalue weighted by Crippen LogP contribution is 2.39. The standard InChI is InChI=1S/C24H28ClN7O4/c1-13-3-5-14(6-4-13)10-32-18-17(15-7-16(25)9-26-8-15)27-20(21-30-23(33)36-31-21)28-19(18)29-22(32)24(34-2)11-35-12-24/h7-9,13-14,21,31H,3-6,10-12H2,1-2H3,(H,30,33). The van der Waals surface area contributed by atoms with E-state index in [4.69, 9.17) is 40.9 Å². The van der Waals surface area contributed by atoms with Gasteiger partial charge in [-0.05, 0) is 30.7 Å². The van der Waals surface area contributed by atoms with E-state index >= 15 is 0 Å². The number of fused-ring (bicyclic) bond motifs is 1. The third-order valence-electron chi connectivity index (χ3n) is 7.43. The van der Waals surface area contributed by atoms with Crippen molar-refractivity contribution in [3.63, 3.8) is 0 Å². The SMILES string of the molecule is COC1(c2nc3nc(C4NOC(=O)N4)nc(-c4cncc(Cl)c4)c3n2CC2CCC(C)CC2)COC1. The Labute approximate surface area is 212 Å². The maximum absolute atomic E-state index is 11.7. The molecule has 12 heteroatoms. The zero-order valence-corrected chi connectivity index (χ0v) is 20.9. The van der Waals surface area contributed by atoms with Gasteiger partial charge in [-0.1, -0.05) is 31.4 Å². The van der Waals surface area contributed by atoms with E-state index in [2.05, 4.69) is 27.3 Å². The minimum Gasteiger partial charge on any atom is -0.374 e. The van der Waals surface area contributed by atoms with Gasteiger partial charge >= 0.3 is 6.09 Å². The van der Waals surface area contributed by atoms with Crippen LogP contribution in [0.3, 0.4) is 0 Å². The van der Waals surface area contributed by atoms with E-state index in [9.17, 15) is 4.79 Å². The molecule has 5 heterocycles. The lowest BCUT2D eigenvalue weighted by Crippen LogP contribution is -2.50. The van der Waals surface area contributed by atoms with Crippen LogP contribution in [0.15, 0.2) is 18.5 Å². The van der Waals surface area contributed by atoms with Crippen molar-refractivity contribution in [2.75, 3.05) is 20.3 Å². The van der Waals surface area contributed by atoms with Crippen LogP contribution in [0.25, 0.3) is 22.4 Å². The Morgan fingerprint density at radius 2 is 2.00 bits per heavy atom. The molecule has 36 heavy (non-hydrogen) atoms. The second-order valence-corrected chi connectivity index (χ2v) is 10.4. The van der Waals surface area contributed by atoms with Crippen molar-refractivity contribution in [3.8, 4) is 11.3 Å². The van der Waals surface area contributed by atoms with E-state index in [0.717, 1.165) is 42.2 Å². The number of methoxy groups -OCH3 is 1. The van der Waals surface area contributed by atoms with Crippen molar-refractivity contribution in [2.24, 2.45) is 11.8 Å². The minimum absolute atomic E-state index is 0.322. The molecular formula is C24H28ClN7O4. The van der Waals surface area contributed by atoms with E-state index < -0.39 is 17.9 Å². The summed E-state index contributed by atoms with van der Waals surface area (Å²) < 4.78 is 13.7. The van der Waals surface area contributed by atoms with Gasteiger partial charge in [0.2, 0.25) is 0 Å². The van der Waals surface area contributed by atoms with Gasteiger partial charge in [0.1, 0.15) is 17.0 Å². The van der Waals surface area contributed by atoms with Gasteiger partial charge in [-0.15, -0.1) is 5.48 Å². The lowest BCUT2D eigenvalue weighted by molar-refractivity contribution is -0.208. The Bertz CT molecular complexity index is 1300. The van der Waals surface area contributed by atoms with E-state index in [0.29, 0.717) is 41.3 Å². The average Bonchev–Trinajstić information content (AvgIpc) is 3.44. The summed E-state index contributed by atoms with van der Waals surface area (Å²) in [6.07, 6.45) is 6.70. The van der Waals surface area contributed by atoms with E-state index in [-0.39, 0.29) is 0 Å². The van der Waals surface area contributed by atoms with Crippen molar-refractivity contribution >= 4 is 28.9 Å². The molecule has 0 bridgehead atoms. The van der Waals surface area contributed by atoms with Crippen molar-refractivity contribution in [1.29, 1.82) is 0 Å². The number of hydrogen-bond acceptors (Lipinski definition) is 9. The van der Waals surface area contributed by atoms with Gasteiger partial charge in [-0.25, -0.2) is 19.7 Å². The Morgan fingerprint density at radius 3 is 2.64 bits per heavy atom. The van der Waals surface area contributed by atoms with E-state index in [1.54, 1.807) is 19.5 Å². The fourth-order valence-electron chi connectivity index (χ4n) is 5.25. The molecule has 190 valence electrons. The van der Waals surface area contributed by atoms with Crippen LogP contribution in [-0.4, -0.2) is 50.9 Å². The highest BCUT2D eigenvalue weighted by Gasteiger charge is 2.46. The van der Waals surface area contributed by atoms with Gasteiger partial charge in [0.15, 0.2) is 23.2 Å². The summed E-state index contributed by atoms with van der Waals surface area (Å²) >= 11 is 6.32. The van der Waals surface area contributed by atoms with Gasteiger partial charge in [0.25, 0.3) is 0 Å². The number of pyridine rings is 1. The molecule has 6 rings (SSSR count). The fourth-order valence-corrected chi connectivity index (χ4v) is 5.43. The molecule has 3 aromatic heterocycles. The Balaban J connectivity index is 1.55. The van der Waals surface area contributed by atoms with Crippen LogP contribution in [0.4, 0.5) is 4.79 Å². The number of carbonyl (C=O) groups excluding carboxylic acids is 1. The Kier molecular flexibility index (Phi) is 6.03. The number of hydroxylamine groups is 1. The van der Waals surface area contributed by atoms with Crippen molar-refractivity contribution in [3.05, 3.63) is 35.1 Å². The first-order valence-electron chi connectivity index (χ1n) is 12.2. The molecule has 0 spiro atoms. The topological polar surface area (TPSA) is 125 Å². The molecule has 2 saturated heterocycles. The number of halogens is 1. The Hall–Kier alpha value is -2.86. The van der Waals surface area contributed by atoms with Gasteiger partial charge in [-0.2, -0.15) is 0 Å². The molecule has 3 aromatic rings. The normalized spacial score (nSPS) is 25.4. The van der Waals surface area contributed by atoms with Gasteiger partial charge in [0, 0.05) is 31.6 Å². The van der Waals surface area contributed by atoms with Gasteiger partial charge in [-0.3, -0.25) is 10.3 Å². The molecule has 1 amide bonds. The second-order valence-electron chi connectivity index (χ2n) is 9.94. The molecule has 1 aliphatic carbocycles. The van der Waals surface area contributed by atoms with Crippen LogP contribution in [0, 0.1) is 11.8 Å². The summed E-state index contributed by atoms with van der Waals surface area (Å²) in [7, 11) is 1.68. The van der Waals surface area contributed by atoms with E-state index in [1.807, 2.05) is 6.07 Å². The molecular weight excluding hydrogens is 486 g/mol. The third kappa shape index (κ3) is 4.09. The number of nitrogens with zero attached hydrogens (tertiary/aromatic N) is 5. The number of rotatable bonds is 6. The van der Waals surface area contributed by atoms with Crippen LogP contribution >= 0.6 is 11.6 Å². The number of nitrogens with one attached hydrogen (secondary N) is 2. The summed E-state index contributed by atoms with van der Waals surface area (Å²) in [6.45, 7) is 3.92. The third-order valence-corrected chi connectivity index (χ3v) is 7.64. The number of imidazole rings is 1. The first-order chi connectivity index (χ1) is 17.5. The van der Waals surface area contributed by atoms with Gasteiger partial charge < -0.3 is 18.9 Å². The number of hydrogen-bond donors (Lipinski definition) is 2. The maximum Gasteiger partial charge on any atom is 0.427 e. The smallest absolute Gasteiger partial charge is 0.374 e. The zero-order valence-electron chi connectivity index (χ0n) is 20.2. The van der Waals surface area contributed by atoms with Gasteiger partial charge in [0.05, 0.1) is 18.2 Å². The van der Waals surface area contributed by atoms with E-state index in [1.165, 1.54) is 12.8 Å². The van der Waals surface area contributed by atoms with Crippen LogP contribution < -0.4 is 10.8 Å². The highest BCUT2D eigenvalue weighted by molar-refractivity contribution is 6.30. The lowest BCUT2D eigenvalue weighted by atomic mass is 9.83. The van der Waals surface area contributed by atoms with Crippen molar-refractivity contribution < 1.29 is 19.1 Å². The second kappa shape index (κ2) is 9.22. The predicted molar refractivity (Wildman–Crippen MR) is 130 cm³/mol.